The summed E-state index contributed by atoms with van der Waals surface area (Å²) in [5.74, 6) is 0.709. The molecule has 1 heterocycles. The van der Waals surface area contributed by atoms with Gasteiger partial charge in [-0.3, -0.25) is 4.79 Å². The van der Waals surface area contributed by atoms with Gasteiger partial charge in [-0.1, -0.05) is 60.7 Å². The number of hydrogen-bond acceptors (Lipinski definition) is 4. The Morgan fingerprint density at radius 2 is 1.53 bits per heavy atom. The minimum Gasteiger partial charge on any atom is -0.487 e. The Morgan fingerprint density at radius 1 is 0.900 bits per heavy atom. The Balaban J connectivity index is 1.39. The summed E-state index contributed by atoms with van der Waals surface area (Å²) in [5, 5.41) is 5.04. The second kappa shape index (κ2) is 9.85. The number of nitrogens with one attached hydrogen (secondary N) is 1. The molecule has 0 radical (unpaired) electrons. The number of benzene rings is 3. The molecule has 0 unspecified atom stereocenters. The SMILES string of the molecule is O=C(NCC(c1ccccc1)c1ccccc1)c1ccc(OCc2cscn2)cc1. The first-order chi connectivity index (χ1) is 14.8. The second-order valence-electron chi connectivity index (χ2n) is 6.88. The summed E-state index contributed by atoms with van der Waals surface area (Å²) < 4.78 is 5.71. The number of hydrogen-bond donors (Lipinski definition) is 1. The lowest BCUT2D eigenvalue weighted by Gasteiger charge is -2.19. The van der Waals surface area contributed by atoms with Gasteiger partial charge in [0.05, 0.1) is 11.2 Å². The molecule has 4 rings (SSSR count). The van der Waals surface area contributed by atoms with Crippen LogP contribution in [-0.2, 0) is 6.61 Å². The number of nitrogens with zero attached hydrogens (tertiary/aromatic N) is 1. The van der Waals surface area contributed by atoms with Crippen LogP contribution in [0.1, 0.15) is 33.1 Å². The molecule has 30 heavy (non-hydrogen) atoms. The summed E-state index contributed by atoms with van der Waals surface area (Å²) >= 11 is 1.54. The van der Waals surface area contributed by atoms with Gasteiger partial charge in [-0.2, -0.15) is 0 Å². The molecule has 0 spiro atoms. The molecule has 150 valence electrons. The normalized spacial score (nSPS) is 10.7. The van der Waals surface area contributed by atoms with Crippen LogP contribution in [0.15, 0.2) is 95.8 Å². The van der Waals surface area contributed by atoms with E-state index in [0.29, 0.717) is 24.5 Å². The van der Waals surface area contributed by atoms with Gasteiger partial charge in [0.1, 0.15) is 12.4 Å². The zero-order valence-electron chi connectivity index (χ0n) is 16.4. The van der Waals surface area contributed by atoms with E-state index in [1.807, 2.05) is 53.9 Å². The topological polar surface area (TPSA) is 51.2 Å². The Labute approximate surface area is 180 Å². The van der Waals surface area contributed by atoms with Crippen LogP contribution in [0, 0.1) is 0 Å². The zero-order chi connectivity index (χ0) is 20.6. The molecule has 4 nitrogen and oxygen atoms in total. The van der Waals surface area contributed by atoms with E-state index in [9.17, 15) is 4.79 Å². The lowest BCUT2D eigenvalue weighted by molar-refractivity contribution is 0.0952. The molecule has 0 aliphatic carbocycles. The molecular formula is C25H22N2O2S. The predicted molar refractivity (Wildman–Crippen MR) is 120 cm³/mol. The van der Waals surface area contributed by atoms with Crippen molar-refractivity contribution in [2.45, 2.75) is 12.5 Å². The number of amides is 1. The van der Waals surface area contributed by atoms with Crippen LogP contribution in [-0.4, -0.2) is 17.4 Å². The quantitative estimate of drug-likeness (QED) is 0.427. The summed E-state index contributed by atoms with van der Waals surface area (Å²) in [4.78, 5) is 16.9. The number of carbonyl (C=O) groups is 1. The molecule has 0 atom stereocenters. The van der Waals surface area contributed by atoms with Crippen LogP contribution in [0.3, 0.4) is 0 Å². The van der Waals surface area contributed by atoms with E-state index in [4.69, 9.17) is 4.74 Å². The first kappa shape index (κ1) is 19.9. The van der Waals surface area contributed by atoms with Gasteiger partial charge < -0.3 is 10.1 Å². The van der Waals surface area contributed by atoms with Crippen LogP contribution in [0.25, 0.3) is 0 Å². The van der Waals surface area contributed by atoms with Crippen LogP contribution < -0.4 is 10.1 Å². The van der Waals surface area contributed by atoms with Gasteiger partial charge in [-0.15, -0.1) is 11.3 Å². The van der Waals surface area contributed by atoms with Crippen LogP contribution in [0.4, 0.5) is 0 Å². The molecule has 1 N–H and O–H groups in total. The second-order valence-corrected chi connectivity index (χ2v) is 7.60. The summed E-state index contributed by atoms with van der Waals surface area (Å²) in [6.07, 6.45) is 0. The van der Waals surface area contributed by atoms with Crippen LogP contribution in [0.2, 0.25) is 0 Å². The summed E-state index contributed by atoms with van der Waals surface area (Å²) in [6, 6.07) is 27.7. The summed E-state index contributed by atoms with van der Waals surface area (Å²) in [5.41, 5.74) is 5.64. The van der Waals surface area contributed by atoms with E-state index < -0.39 is 0 Å². The van der Waals surface area contributed by atoms with Gasteiger partial charge in [0.2, 0.25) is 0 Å². The van der Waals surface area contributed by atoms with Gasteiger partial charge in [0, 0.05) is 23.4 Å². The average molecular weight is 415 g/mol. The van der Waals surface area contributed by atoms with Crippen LogP contribution >= 0.6 is 11.3 Å². The molecule has 1 amide bonds. The summed E-state index contributed by atoms with van der Waals surface area (Å²) in [7, 11) is 0. The largest absolute Gasteiger partial charge is 0.487 e. The minimum absolute atomic E-state index is 0.0945. The van der Waals surface area contributed by atoms with E-state index in [2.05, 4.69) is 34.6 Å². The van der Waals surface area contributed by atoms with E-state index in [1.165, 1.54) is 11.1 Å². The molecule has 1 aromatic heterocycles. The number of aromatic nitrogens is 1. The minimum atomic E-state index is -0.0992. The van der Waals surface area contributed by atoms with Crippen molar-refractivity contribution in [3.05, 3.63) is 118 Å². The number of thiazole rings is 1. The Bertz CT molecular complexity index is 1010. The molecular weight excluding hydrogens is 392 g/mol. The Morgan fingerprint density at radius 3 is 2.10 bits per heavy atom. The van der Waals surface area contributed by atoms with Gasteiger partial charge in [-0.05, 0) is 35.4 Å². The molecule has 0 aliphatic rings. The first-order valence-electron chi connectivity index (χ1n) is 9.77. The maximum atomic E-state index is 12.7. The third kappa shape index (κ3) is 5.13. The highest BCUT2D eigenvalue weighted by Gasteiger charge is 2.15. The smallest absolute Gasteiger partial charge is 0.251 e. The molecule has 0 saturated heterocycles. The molecule has 0 aliphatic heterocycles. The zero-order valence-corrected chi connectivity index (χ0v) is 17.2. The predicted octanol–water partition coefficient (Wildman–Crippen LogP) is 5.28. The Hall–Kier alpha value is -3.44. The number of rotatable bonds is 8. The van der Waals surface area contributed by atoms with Crippen molar-refractivity contribution < 1.29 is 9.53 Å². The van der Waals surface area contributed by atoms with Crippen molar-refractivity contribution in [1.82, 2.24) is 10.3 Å². The standard InChI is InChI=1S/C25H22N2O2S/c28-25(21-11-13-23(14-12-21)29-16-22-17-30-18-27-22)26-15-24(19-7-3-1-4-8-19)20-9-5-2-6-10-20/h1-14,17-18,24H,15-16H2,(H,26,28). The van der Waals surface area contributed by atoms with Crippen molar-refractivity contribution in [2.75, 3.05) is 6.54 Å². The maximum absolute atomic E-state index is 12.7. The van der Waals surface area contributed by atoms with Crippen molar-refractivity contribution in [3.8, 4) is 5.75 Å². The van der Waals surface area contributed by atoms with E-state index in [1.54, 1.807) is 29.0 Å². The van der Waals surface area contributed by atoms with Gasteiger partial charge in [0.15, 0.2) is 0 Å². The number of carbonyl (C=O) groups excluding carboxylic acids is 1. The molecule has 3 aromatic carbocycles. The highest BCUT2D eigenvalue weighted by molar-refractivity contribution is 7.07. The third-order valence-corrected chi connectivity index (χ3v) is 5.49. The van der Waals surface area contributed by atoms with Gasteiger partial charge in [-0.25, -0.2) is 4.98 Å². The maximum Gasteiger partial charge on any atom is 0.251 e. The third-order valence-electron chi connectivity index (χ3n) is 4.86. The van der Waals surface area contributed by atoms with Crippen molar-refractivity contribution in [1.29, 1.82) is 0 Å². The van der Waals surface area contributed by atoms with E-state index in [0.717, 1.165) is 5.69 Å². The van der Waals surface area contributed by atoms with Crippen molar-refractivity contribution in [3.63, 3.8) is 0 Å². The van der Waals surface area contributed by atoms with Gasteiger partial charge >= 0.3 is 0 Å². The van der Waals surface area contributed by atoms with Crippen molar-refractivity contribution in [2.24, 2.45) is 0 Å². The number of ether oxygens (including phenoxy) is 1. The van der Waals surface area contributed by atoms with Crippen LogP contribution in [0.5, 0.6) is 5.75 Å². The van der Waals surface area contributed by atoms with Crippen molar-refractivity contribution >= 4 is 17.2 Å². The Kier molecular flexibility index (Phi) is 6.52. The molecule has 0 bridgehead atoms. The highest BCUT2D eigenvalue weighted by atomic mass is 32.1. The fourth-order valence-electron chi connectivity index (χ4n) is 3.26. The fraction of sp³-hybridized carbons (Fsp3) is 0.120. The highest BCUT2D eigenvalue weighted by Crippen LogP contribution is 2.24. The monoisotopic (exact) mass is 414 g/mol. The molecule has 5 heteroatoms. The fourth-order valence-corrected chi connectivity index (χ4v) is 3.81. The van der Waals surface area contributed by atoms with E-state index >= 15 is 0 Å². The lowest BCUT2D eigenvalue weighted by Crippen LogP contribution is -2.28. The van der Waals surface area contributed by atoms with Gasteiger partial charge in [0.25, 0.3) is 5.91 Å². The summed E-state index contributed by atoms with van der Waals surface area (Å²) in [6.45, 7) is 0.944. The first-order valence-corrected chi connectivity index (χ1v) is 10.7. The molecule has 0 fully saturated rings. The average Bonchev–Trinajstić information content (AvgIpc) is 3.33. The lowest BCUT2D eigenvalue weighted by atomic mass is 9.91. The van der Waals surface area contributed by atoms with E-state index in [-0.39, 0.29) is 11.8 Å². The molecule has 4 aromatic rings. The molecule has 0 saturated carbocycles.